The summed E-state index contributed by atoms with van der Waals surface area (Å²) in [5.41, 5.74) is 3.19. The first-order valence-corrected chi connectivity index (χ1v) is 12.5. The van der Waals surface area contributed by atoms with E-state index in [1.54, 1.807) is 18.2 Å². The molecular weight excluding hydrogens is 458 g/mol. The maximum atomic E-state index is 12.9. The van der Waals surface area contributed by atoms with Crippen LogP contribution in [0.4, 0.5) is 5.95 Å². The number of aromatic amines is 1. The van der Waals surface area contributed by atoms with Gasteiger partial charge in [0, 0.05) is 30.6 Å². The Labute approximate surface area is 209 Å². The summed E-state index contributed by atoms with van der Waals surface area (Å²) >= 11 is 0. The number of rotatable bonds is 8. The number of imidazole rings is 1. The number of benzene rings is 2. The molecule has 0 spiro atoms. The first kappa shape index (κ1) is 23.8. The highest BCUT2D eigenvalue weighted by atomic mass is 16.4. The van der Waals surface area contributed by atoms with Crippen molar-refractivity contribution in [2.75, 3.05) is 25.0 Å². The van der Waals surface area contributed by atoms with Crippen molar-refractivity contribution >= 4 is 34.8 Å². The molecule has 9 nitrogen and oxygen atoms in total. The Kier molecular flexibility index (Phi) is 6.88. The number of aromatic nitrogens is 2. The van der Waals surface area contributed by atoms with E-state index >= 15 is 0 Å². The van der Waals surface area contributed by atoms with Gasteiger partial charge in [-0.05, 0) is 55.4 Å². The van der Waals surface area contributed by atoms with Crippen LogP contribution in [0, 0.1) is 5.92 Å². The van der Waals surface area contributed by atoms with Gasteiger partial charge in [0.1, 0.15) is 0 Å². The highest BCUT2D eigenvalue weighted by Gasteiger charge is 2.33. The van der Waals surface area contributed by atoms with Crippen LogP contribution in [-0.4, -0.2) is 63.4 Å². The minimum atomic E-state index is -0.918. The monoisotopic (exact) mass is 489 g/mol. The summed E-state index contributed by atoms with van der Waals surface area (Å²) in [6.07, 6.45) is 3.91. The third-order valence-electron chi connectivity index (χ3n) is 7.28. The van der Waals surface area contributed by atoms with Crippen LogP contribution in [0.15, 0.2) is 48.5 Å². The molecule has 2 aromatic carbocycles. The van der Waals surface area contributed by atoms with Gasteiger partial charge in [-0.2, -0.15) is 0 Å². The molecule has 0 bridgehead atoms. The maximum Gasteiger partial charge on any atom is 0.304 e. The van der Waals surface area contributed by atoms with Gasteiger partial charge >= 0.3 is 5.97 Å². The van der Waals surface area contributed by atoms with Gasteiger partial charge in [0.15, 0.2) is 0 Å². The number of para-hydroxylation sites is 2. The number of hydrogen-bond donors (Lipinski definition) is 4. The fraction of sp³-hybridized carbons (Fsp3) is 0.407. The van der Waals surface area contributed by atoms with Gasteiger partial charge in [-0.3, -0.25) is 14.4 Å². The zero-order chi connectivity index (χ0) is 25.1. The number of anilines is 1. The Morgan fingerprint density at radius 3 is 2.58 bits per heavy atom. The van der Waals surface area contributed by atoms with Crippen molar-refractivity contribution in [1.29, 1.82) is 0 Å². The third kappa shape index (κ3) is 5.35. The number of carbonyl (C=O) groups is 3. The molecule has 36 heavy (non-hydrogen) atoms. The van der Waals surface area contributed by atoms with Gasteiger partial charge in [-0.15, -0.1) is 0 Å². The van der Waals surface area contributed by atoms with Crippen molar-refractivity contribution in [1.82, 2.24) is 20.2 Å². The van der Waals surface area contributed by atoms with E-state index < -0.39 is 5.97 Å². The van der Waals surface area contributed by atoms with E-state index in [1.807, 2.05) is 30.3 Å². The molecule has 0 radical (unpaired) electrons. The van der Waals surface area contributed by atoms with Crippen molar-refractivity contribution in [2.45, 2.75) is 44.1 Å². The number of nitrogens with zero attached hydrogens (tertiary/aromatic N) is 2. The number of nitrogens with one attached hydrogen (secondary N) is 3. The van der Waals surface area contributed by atoms with E-state index in [9.17, 15) is 19.5 Å². The molecule has 1 aromatic heterocycles. The van der Waals surface area contributed by atoms with Gasteiger partial charge in [0.2, 0.25) is 11.9 Å². The summed E-state index contributed by atoms with van der Waals surface area (Å²) in [7, 11) is 0. The second-order valence-electron chi connectivity index (χ2n) is 9.84. The van der Waals surface area contributed by atoms with E-state index in [0.29, 0.717) is 24.1 Å². The third-order valence-corrected chi connectivity index (χ3v) is 7.28. The fourth-order valence-electron chi connectivity index (χ4n) is 5.40. The number of hydrogen-bond acceptors (Lipinski definition) is 5. The molecule has 188 valence electrons. The second-order valence-corrected chi connectivity index (χ2v) is 9.84. The maximum absolute atomic E-state index is 12.9. The number of carboxylic acids is 1. The molecule has 2 aliphatic rings. The van der Waals surface area contributed by atoms with Crippen LogP contribution in [0.2, 0.25) is 0 Å². The molecule has 2 amide bonds. The van der Waals surface area contributed by atoms with Gasteiger partial charge in [0.05, 0.1) is 24.0 Å². The van der Waals surface area contributed by atoms with Gasteiger partial charge in [-0.25, -0.2) is 4.98 Å². The molecule has 1 unspecified atom stereocenters. The number of carbonyl (C=O) groups excluding carboxylic acids is 2. The van der Waals surface area contributed by atoms with E-state index in [-0.39, 0.29) is 37.2 Å². The average molecular weight is 490 g/mol. The summed E-state index contributed by atoms with van der Waals surface area (Å²) < 4.78 is 0. The number of carboxylic acid groups (broad SMARTS) is 1. The lowest BCUT2D eigenvalue weighted by atomic mass is 9.86. The Bertz CT molecular complexity index is 1230. The lowest BCUT2D eigenvalue weighted by molar-refractivity contribution is -0.137. The molecular formula is C27H31N5O4. The molecule has 1 aliphatic heterocycles. The molecule has 0 saturated heterocycles. The predicted octanol–water partition coefficient (Wildman–Crippen LogP) is 3.36. The van der Waals surface area contributed by atoms with Gasteiger partial charge < -0.3 is 25.6 Å². The molecule has 9 heteroatoms. The summed E-state index contributed by atoms with van der Waals surface area (Å²) in [5.74, 6) is -0.487. The molecule has 5 rings (SSSR count). The lowest BCUT2D eigenvalue weighted by Gasteiger charge is -2.33. The van der Waals surface area contributed by atoms with Crippen LogP contribution in [-0.2, 0) is 9.59 Å². The largest absolute Gasteiger partial charge is 0.481 e. The smallest absolute Gasteiger partial charge is 0.304 e. The molecule has 3 aromatic rings. The Hall–Kier alpha value is -3.88. The van der Waals surface area contributed by atoms with Crippen molar-refractivity contribution in [3.8, 4) is 0 Å². The average Bonchev–Trinajstić information content (AvgIpc) is 3.28. The SMILES string of the molecule is O=C(O)CC1CN(CC(=O)NCC2CCC(Nc3nc4ccccc4[nH]3)CC2)C(=O)c2ccccc21. The van der Waals surface area contributed by atoms with Crippen molar-refractivity contribution in [3.05, 3.63) is 59.7 Å². The van der Waals surface area contributed by atoms with Crippen LogP contribution in [0.25, 0.3) is 11.0 Å². The molecule has 1 saturated carbocycles. The van der Waals surface area contributed by atoms with Crippen LogP contribution in [0.5, 0.6) is 0 Å². The van der Waals surface area contributed by atoms with Crippen LogP contribution in [0.3, 0.4) is 0 Å². The molecule has 1 fully saturated rings. The summed E-state index contributed by atoms with van der Waals surface area (Å²) in [6.45, 7) is 0.744. The van der Waals surface area contributed by atoms with Gasteiger partial charge in [-0.1, -0.05) is 30.3 Å². The topological polar surface area (TPSA) is 127 Å². The van der Waals surface area contributed by atoms with Crippen LogP contribution < -0.4 is 10.6 Å². The number of amides is 2. The Morgan fingerprint density at radius 2 is 1.81 bits per heavy atom. The van der Waals surface area contributed by atoms with Crippen LogP contribution in [0.1, 0.15) is 53.9 Å². The number of H-pyrrole nitrogens is 1. The zero-order valence-electron chi connectivity index (χ0n) is 20.1. The van der Waals surface area contributed by atoms with E-state index in [4.69, 9.17) is 0 Å². The van der Waals surface area contributed by atoms with Crippen molar-refractivity contribution in [2.24, 2.45) is 5.92 Å². The predicted molar refractivity (Wildman–Crippen MR) is 136 cm³/mol. The minimum Gasteiger partial charge on any atom is -0.481 e. The van der Waals surface area contributed by atoms with Crippen molar-refractivity contribution in [3.63, 3.8) is 0 Å². The van der Waals surface area contributed by atoms with Crippen LogP contribution >= 0.6 is 0 Å². The normalized spacial score (nSPS) is 21.7. The lowest BCUT2D eigenvalue weighted by Crippen LogP contribution is -2.46. The highest BCUT2D eigenvalue weighted by molar-refractivity contribution is 5.99. The Balaban J connectivity index is 1.09. The van der Waals surface area contributed by atoms with Gasteiger partial charge in [0.25, 0.3) is 5.91 Å². The van der Waals surface area contributed by atoms with E-state index in [2.05, 4.69) is 20.6 Å². The second kappa shape index (κ2) is 10.4. The Morgan fingerprint density at radius 1 is 1.06 bits per heavy atom. The highest BCUT2D eigenvalue weighted by Crippen LogP contribution is 2.31. The molecule has 4 N–H and O–H groups in total. The molecule has 1 aliphatic carbocycles. The summed E-state index contributed by atoms with van der Waals surface area (Å²) in [5, 5.41) is 15.8. The first-order chi connectivity index (χ1) is 17.5. The number of fused-ring (bicyclic) bond motifs is 2. The first-order valence-electron chi connectivity index (χ1n) is 12.5. The van der Waals surface area contributed by atoms with Crippen molar-refractivity contribution < 1.29 is 19.5 Å². The summed E-state index contributed by atoms with van der Waals surface area (Å²) in [4.78, 5) is 46.3. The molecule has 2 heterocycles. The fourth-order valence-corrected chi connectivity index (χ4v) is 5.40. The van der Waals surface area contributed by atoms with E-state index in [0.717, 1.165) is 48.2 Å². The standard InChI is InChI=1S/C27H31N5O4/c33-24(16-32-15-18(13-25(34)35)20-5-1-2-6-21(20)26(32)36)28-14-17-9-11-19(12-10-17)29-27-30-22-7-3-4-8-23(22)31-27/h1-8,17-19H,9-16H2,(H,28,33)(H,34,35)(H2,29,30,31). The minimum absolute atomic E-state index is 0.0633. The zero-order valence-corrected chi connectivity index (χ0v) is 20.1. The number of aliphatic carboxylic acids is 1. The molecule has 1 atom stereocenters. The van der Waals surface area contributed by atoms with E-state index in [1.165, 1.54) is 4.90 Å². The summed E-state index contributed by atoms with van der Waals surface area (Å²) in [6, 6.07) is 15.4. The quantitative estimate of drug-likeness (QED) is 0.384.